The number of ether oxygens (including phenoxy) is 1. The first-order chi connectivity index (χ1) is 9.69. The molecule has 1 heterocycles. The van der Waals surface area contributed by atoms with Crippen molar-refractivity contribution in [2.45, 2.75) is 6.92 Å². The van der Waals surface area contributed by atoms with Gasteiger partial charge in [-0.15, -0.1) is 0 Å². The van der Waals surface area contributed by atoms with E-state index in [1.54, 1.807) is 25.3 Å². The largest absolute Gasteiger partial charge is 0.497 e. The molecule has 0 fully saturated rings. The molecule has 0 amide bonds. The topological polar surface area (TPSA) is 52.3 Å². The first-order valence-electron chi connectivity index (χ1n) is 6.24. The second-order valence-electron chi connectivity index (χ2n) is 4.50. The summed E-state index contributed by atoms with van der Waals surface area (Å²) in [5, 5.41) is 0.502. The number of fused-ring (bicyclic) bond motifs is 1. The smallest absolute Gasteiger partial charge is 0.284 e. The molecule has 1 aromatic heterocycles. The Labute approximate surface area is 115 Å². The standard InChI is InChI=1S/C16H13NO3/c1-10-4-3-5-13-14(10)20-16(17-15(13)18)11-6-8-12(19-2)9-7-11/h3-9H,1-2H3. The zero-order chi connectivity index (χ0) is 14.1. The molecule has 4 heteroatoms. The van der Waals surface area contributed by atoms with Crippen molar-refractivity contribution in [2.24, 2.45) is 0 Å². The monoisotopic (exact) mass is 267 g/mol. The third-order valence-corrected chi connectivity index (χ3v) is 3.18. The number of para-hydroxylation sites is 1. The van der Waals surface area contributed by atoms with Crippen LogP contribution < -0.4 is 10.3 Å². The normalized spacial score (nSPS) is 10.7. The van der Waals surface area contributed by atoms with Gasteiger partial charge in [0.1, 0.15) is 11.3 Å². The number of rotatable bonds is 2. The van der Waals surface area contributed by atoms with E-state index in [0.29, 0.717) is 16.9 Å². The van der Waals surface area contributed by atoms with Gasteiger partial charge < -0.3 is 9.15 Å². The van der Waals surface area contributed by atoms with Crippen molar-refractivity contribution in [2.75, 3.05) is 7.11 Å². The summed E-state index contributed by atoms with van der Waals surface area (Å²) in [6.07, 6.45) is 0. The van der Waals surface area contributed by atoms with E-state index in [1.165, 1.54) is 0 Å². The van der Waals surface area contributed by atoms with Crippen LogP contribution in [0.25, 0.3) is 22.4 Å². The van der Waals surface area contributed by atoms with Crippen LogP contribution in [0.5, 0.6) is 5.75 Å². The van der Waals surface area contributed by atoms with Crippen molar-refractivity contribution in [3.8, 4) is 17.2 Å². The molecule has 0 bridgehead atoms. The fourth-order valence-electron chi connectivity index (χ4n) is 2.09. The number of nitrogens with zero attached hydrogens (tertiary/aromatic N) is 1. The van der Waals surface area contributed by atoms with Gasteiger partial charge in [-0.3, -0.25) is 4.79 Å². The quantitative estimate of drug-likeness (QED) is 0.715. The average molecular weight is 267 g/mol. The van der Waals surface area contributed by atoms with Gasteiger partial charge >= 0.3 is 0 Å². The lowest BCUT2D eigenvalue weighted by Gasteiger charge is -2.05. The molecule has 2 aromatic carbocycles. The van der Waals surface area contributed by atoms with Gasteiger partial charge in [-0.25, -0.2) is 0 Å². The lowest BCUT2D eigenvalue weighted by atomic mass is 10.1. The van der Waals surface area contributed by atoms with Crippen LogP contribution in [0.3, 0.4) is 0 Å². The van der Waals surface area contributed by atoms with Crippen molar-refractivity contribution in [3.05, 3.63) is 58.4 Å². The molecule has 0 unspecified atom stereocenters. The Kier molecular flexibility index (Phi) is 2.99. The molecule has 0 aliphatic carbocycles. The molecule has 4 nitrogen and oxygen atoms in total. The number of hydrogen-bond acceptors (Lipinski definition) is 4. The summed E-state index contributed by atoms with van der Waals surface area (Å²) >= 11 is 0. The Bertz CT molecular complexity index is 819. The molecule has 0 saturated carbocycles. The summed E-state index contributed by atoms with van der Waals surface area (Å²) in [5.41, 5.74) is 1.96. The van der Waals surface area contributed by atoms with E-state index < -0.39 is 0 Å². The SMILES string of the molecule is COc1ccc(-c2nc(=O)c3cccc(C)c3o2)cc1. The van der Waals surface area contributed by atoms with E-state index in [2.05, 4.69) is 4.98 Å². The molecule has 0 aliphatic rings. The summed E-state index contributed by atoms with van der Waals surface area (Å²) in [7, 11) is 1.60. The van der Waals surface area contributed by atoms with Crippen LogP contribution in [-0.4, -0.2) is 12.1 Å². The highest BCUT2D eigenvalue weighted by atomic mass is 16.5. The summed E-state index contributed by atoms with van der Waals surface area (Å²) in [5.74, 6) is 1.06. The lowest BCUT2D eigenvalue weighted by molar-refractivity contribution is 0.415. The average Bonchev–Trinajstić information content (AvgIpc) is 2.48. The predicted molar refractivity (Wildman–Crippen MR) is 77.0 cm³/mol. The van der Waals surface area contributed by atoms with E-state index in [4.69, 9.17) is 9.15 Å². The predicted octanol–water partition coefficient (Wildman–Crippen LogP) is 3.17. The fraction of sp³-hybridized carbons (Fsp3) is 0.125. The van der Waals surface area contributed by atoms with Crippen LogP contribution in [-0.2, 0) is 0 Å². The van der Waals surface area contributed by atoms with E-state index in [1.807, 2.05) is 31.2 Å². The maximum atomic E-state index is 12.1. The number of methoxy groups -OCH3 is 1. The minimum Gasteiger partial charge on any atom is -0.497 e. The Balaban J connectivity index is 2.21. The fourth-order valence-corrected chi connectivity index (χ4v) is 2.09. The molecule has 100 valence electrons. The Hall–Kier alpha value is -2.62. The van der Waals surface area contributed by atoms with Crippen molar-refractivity contribution < 1.29 is 9.15 Å². The van der Waals surface area contributed by atoms with Crippen LogP contribution in [0.2, 0.25) is 0 Å². The molecule has 0 N–H and O–H groups in total. The minimum atomic E-state index is -0.277. The molecule has 3 rings (SSSR count). The van der Waals surface area contributed by atoms with Gasteiger partial charge in [-0.2, -0.15) is 4.98 Å². The highest BCUT2D eigenvalue weighted by Gasteiger charge is 2.10. The van der Waals surface area contributed by atoms with Crippen LogP contribution in [0.1, 0.15) is 5.56 Å². The molecule has 20 heavy (non-hydrogen) atoms. The Morgan fingerprint density at radius 1 is 1.10 bits per heavy atom. The Morgan fingerprint density at radius 3 is 2.55 bits per heavy atom. The highest BCUT2D eigenvalue weighted by molar-refractivity contribution is 5.79. The van der Waals surface area contributed by atoms with E-state index in [0.717, 1.165) is 16.9 Å². The maximum Gasteiger partial charge on any atom is 0.284 e. The highest BCUT2D eigenvalue weighted by Crippen LogP contribution is 2.23. The van der Waals surface area contributed by atoms with Crippen molar-refractivity contribution >= 4 is 11.0 Å². The lowest BCUT2D eigenvalue weighted by Crippen LogP contribution is -2.07. The Morgan fingerprint density at radius 2 is 1.85 bits per heavy atom. The second kappa shape index (κ2) is 4.81. The van der Waals surface area contributed by atoms with Crippen LogP contribution in [0.4, 0.5) is 0 Å². The molecule has 0 atom stereocenters. The van der Waals surface area contributed by atoms with Crippen LogP contribution in [0.15, 0.2) is 51.7 Å². The van der Waals surface area contributed by atoms with Gasteiger partial charge in [0, 0.05) is 5.56 Å². The van der Waals surface area contributed by atoms with E-state index in [-0.39, 0.29) is 5.56 Å². The summed E-state index contributed by atoms with van der Waals surface area (Å²) < 4.78 is 10.9. The zero-order valence-electron chi connectivity index (χ0n) is 11.2. The third-order valence-electron chi connectivity index (χ3n) is 3.18. The summed E-state index contributed by atoms with van der Waals surface area (Å²) in [6, 6.07) is 12.7. The molecular weight excluding hydrogens is 254 g/mol. The molecule has 0 radical (unpaired) electrons. The number of benzene rings is 2. The van der Waals surface area contributed by atoms with Crippen molar-refractivity contribution in [1.29, 1.82) is 0 Å². The minimum absolute atomic E-state index is 0.277. The first kappa shape index (κ1) is 12.4. The van der Waals surface area contributed by atoms with E-state index >= 15 is 0 Å². The van der Waals surface area contributed by atoms with Crippen LogP contribution in [0, 0.1) is 6.92 Å². The second-order valence-corrected chi connectivity index (χ2v) is 4.50. The molecule has 0 aliphatic heterocycles. The molecular formula is C16H13NO3. The first-order valence-corrected chi connectivity index (χ1v) is 6.24. The summed E-state index contributed by atoms with van der Waals surface area (Å²) in [6.45, 7) is 1.91. The molecule has 3 aromatic rings. The number of hydrogen-bond donors (Lipinski definition) is 0. The molecule has 0 saturated heterocycles. The van der Waals surface area contributed by atoms with Gasteiger partial charge in [0.2, 0.25) is 5.89 Å². The third kappa shape index (κ3) is 2.05. The van der Waals surface area contributed by atoms with Crippen molar-refractivity contribution in [3.63, 3.8) is 0 Å². The number of aryl methyl sites for hydroxylation is 1. The maximum absolute atomic E-state index is 12.1. The van der Waals surface area contributed by atoms with E-state index in [9.17, 15) is 4.79 Å². The van der Waals surface area contributed by atoms with Gasteiger partial charge in [0.15, 0.2) is 0 Å². The van der Waals surface area contributed by atoms with Gasteiger partial charge in [0.25, 0.3) is 5.56 Å². The van der Waals surface area contributed by atoms with Gasteiger partial charge in [-0.1, -0.05) is 12.1 Å². The summed E-state index contributed by atoms with van der Waals surface area (Å²) in [4.78, 5) is 16.1. The van der Waals surface area contributed by atoms with Crippen molar-refractivity contribution in [1.82, 2.24) is 4.98 Å². The van der Waals surface area contributed by atoms with Crippen LogP contribution >= 0.6 is 0 Å². The molecule has 0 spiro atoms. The number of aromatic nitrogens is 1. The van der Waals surface area contributed by atoms with Gasteiger partial charge in [0.05, 0.1) is 12.5 Å². The zero-order valence-corrected chi connectivity index (χ0v) is 11.2. The van der Waals surface area contributed by atoms with Gasteiger partial charge in [-0.05, 0) is 42.8 Å².